The Kier molecular flexibility index (Phi) is 2.14. The Morgan fingerprint density at radius 2 is 2.29 bits per heavy atom. The number of carbonyl (C=O) groups is 1. The summed E-state index contributed by atoms with van der Waals surface area (Å²) in [5.74, 6) is -0.109. The fourth-order valence-electron chi connectivity index (χ4n) is 1.20. The molecule has 0 aromatic carbocycles. The van der Waals surface area contributed by atoms with Crippen molar-refractivity contribution in [1.82, 2.24) is 4.98 Å². The average Bonchev–Trinajstić information content (AvgIpc) is 2.69. The van der Waals surface area contributed by atoms with Gasteiger partial charge >= 0.3 is 0 Å². The molecule has 0 atom stereocenters. The largest absolute Gasteiger partial charge is 0.472 e. The molecular weight excluding hydrogens is 178 g/mol. The van der Waals surface area contributed by atoms with Gasteiger partial charge < -0.3 is 4.42 Å². The van der Waals surface area contributed by atoms with Crippen LogP contribution >= 0.6 is 0 Å². The van der Waals surface area contributed by atoms with Crippen LogP contribution in [-0.4, -0.2) is 10.8 Å². The van der Waals surface area contributed by atoms with Gasteiger partial charge in [-0.05, 0) is 30.7 Å². The first-order valence-electron chi connectivity index (χ1n) is 4.27. The van der Waals surface area contributed by atoms with Gasteiger partial charge in [0.1, 0.15) is 12.0 Å². The molecule has 0 fully saturated rings. The third kappa shape index (κ3) is 1.57. The van der Waals surface area contributed by atoms with Crippen LogP contribution in [0.15, 0.2) is 41.3 Å². The van der Waals surface area contributed by atoms with E-state index in [1.807, 2.05) is 13.0 Å². The van der Waals surface area contributed by atoms with Crippen molar-refractivity contribution in [2.75, 3.05) is 0 Å². The van der Waals surface area contributed by atoms with Gasteiger partial charge in [0.2, 0.25) is 5.78 Å². The zero-order valence-electron chi connectivity index (χ0n) is 7.73. The van der Waals surface area contributed by atoms with Crippen LogP contribution in [0.25, 0.3) is 0 Å². The van der Waals surface area contributed by atoms with E-state index < -0.39 is 0 Å². The summed E-state index contributed by atoms with van der Waals surface area (Å²) in [5, 5.41) is 0. The van der Waals surface area contributed by atoms with E-state index in [4.69, 9.17) is 4.42 Å². The Morgan fingerprint density at radius 3 is 2.93 bits per heavy atom. The molecule has 0 N–H and O–H groups in total. The molecule has 0 saturated carbocycles. The molecule has 70 valence electrons. The van der Waals surface area contributed by atoms with Crippen LogP contribution in [0.2, 0.25) is 0 Å². The maximum atomic E-state index is 11.7. The molecule has 0 aliphatic carbocycles. The molecule has 2 rings (SSSR count). The highest BCUT2D eigenvalue weighted by Crippen LogP contribution is 2.09. The van der Waals surface area contributed by atoms with Crippen LogP contribution in [0.3, 0.4) is 0 Å². The molecule has 2 aromatic rings. The summed E-state index contributed by atoms with van der Waals surface area (Å²) in [6.07, 6.45) is 4.53. The number of furan rings is 1. The van der Waals surface area contributed by atoms with Crippen molar-refractivity contribution in [1.29, 1.82) is 0 Å². The lowest BCUT2D eigenvalue weighted by atomic mass is 10.1. The zero-order valence-corrected chi connectivity index (χ0v) is 7.73. The fourth-order valence-corrected chi connectivity index (χ4v) is 1.20. The van der Waals surface area contributed by atoms with Gasteiger partial charge in [-0.3, -0.25) is 9.78 Å². The van der Waals surface area contributed by atoms with Gasteiger partial charge in [-0.1, -0.05) is 0 Å². The lowest BCUT2D eigenvalue weighted by Crippen LogP contribution is -2.02. The van der Waals surface area contributed by atoms with E-state index in [1.165, 1.54) is 12.5 Å². The van der Waals surface area contributed by atoms with Crippen LogP contribution in [0.5, 0.6) is 0 Å². The average molecular weight is 187 g/mol. The quantitative estimate of drug-likeness (QED) is 0.677. The van der Waals surface area contributed by atoms with Gasteiger partial charge in [-0.15, -0.1) is 0 Å². The minimum absolute atomic E-state index is 0.109. The Bertz CT molecular complexity index is 446. The molecular formula is C11H9NO2. The molecule has 3 nitrogen and oxygen atoms in total. The fraction of sp³-hybridized carbons (Fsp3) is 0.0909. The van der Waals surface area contributed by atoms with E-state index >= 15 is 0 Å². The third-order valence-corrected chi connectivity index (χ3v) is 1.93. The maximum absolute atomic E-state index is 11.7. The number of ketones is 1. The Hall–Kier alpha value is -1.90. The van der Waals surface area contributed by atoms with Crippen LogP contribution in [0.1, 0.15) is 21.6 Å². The molecule has 0 spiro atoms. The van der Waals surface area contributed by atoms with Crippen molar-refractivity contribution in [3.8, 4) is 0 Å². The molecule has 0 saturated heterocycles. The van der Waals surface area contributed by atoms with E-state index in [0.29, 0.717) is 11.3 Å². The standard InChI is InChI=1S/C11H9NO2/c1-8-2-4-12-10(6-8)11(13)9-3-5-14-7-9/h2-7H,1H3. The van der Waals surface area contributed by atoms with Crippen LogP contribution in [0, 0.1) is 6.92 Å². The monoisotopic (exact) mass is 187 g/mol. The molecule has 0 aliphatic rings. The van der Waals surface area contributed by atoms with E-state index in [2.05, 4.69) is 4.98 Å². The first-order valence-corrected chi connectivity index (χ1v) is 4.27. The highest BCUT2D eigenvalue weighted by molar-refractivity contribution is 6.07. The zero-order chi connectivity index (χ0) is 9.97. The van der Waals surface area contributed by atoms with Crippen molar-refractivity contribution in [2.24, 2.45) is 0 Å². The van der Waals surface area contributed by atoms with Crippen molar-refractivity contribution >= 4 is 5.78 Å². The second-order valence-electron chi connectivity index (χ2n) is 3.06. The molecule has 0 unspecified atom stereocenters. The molecule has 3 heteroatoms. The van der Waals surface area contributed by atoms with Crippen LogP contribution in [0.4, 0.5) is 0 Å². The van der Waals surface area contributed by atoms with Crippen molar-refractivity contribution < 1.29 is 9.21 Å². The lowest BCUT2D eigenvalue weighted by Gasteiger charge is -1.97. The first kappa shape index (κ1) is 8.69. The molecule has 2 heterocycles. The summed E-state index contributed by atoms with van der Waals surface area (Å²) >= 11 is 0. The van der Waals surface area contributed by atoms with E-state index in [-0.39, 0.29) is 5.78 Å². The number of carbonyl (C=O) groups excluding carboxylic acids is 1. The number of aryl methyl sites for hydroxylation is 1. The SMILES string of the molecule is Cc1ccnc(C(=O)c2ccoc2)c1. The number of pyridine rings is 1. The van der Waals surface area contributed by atoms with Gasteiger partial charge in [0.05, 0.1) is 11.8 Å². The normalized spacial score (nSPS) is 10.1. The molecule has 2 aromatic heterocycles. The third-order valence-electron chi connectivity index (χ3n) is 1.93. The predicted molar refractivity (Wildman–Crippen MR) is 51.1 cm³/mol. The summed E-state index contributed by atoms with van der Waals surface area (Å²) in [4.78, 5) is 15.7. The smallest absolute Gasteiger partial charge is 0.214 e. The second kappa shape index (κ2) is 3.46. The molecule has 14 heavy (non-hydrogen) atoms. The van der Waals surface area contributed by atoms with Gasteiger partial charge in [-0.2, -0.15) is 0 Å². The van der Waals surface area contributed by atoms with Crippen LogP contribution in [-0.2, 0) is 0 Å². The van der Waals surface area contributed by atoms with Crippen LogP contribution < -0.4 is 0 Å². The van der Waals surface area contributed by atoms with Crippen molar-refractivity contribution in [3.05, 3.63) is 53.7 Å². The van der Waals surface area contributed by atoms with E-state index in [1.54, 1.807) is 18.3 Å². The highest BCUT2D eigenvalue weighted by atomic mass is 16.3. The summed E-state index contributed by atoms with van der Waals surface area (Å²) in [6.45, 7) is 1.92. The van der Waals surface area contributed by atoms with Gasteiger partial charge in [0.25, 0.3) is 0 Å². The number of hydrogen-bond acceptors (Lipinski definition) is 3. The minimum Gasteiger partial charge on any atom is -0.472 e. The van der Waals surface area contributed by atoms with E-state index in [0.717, 1.165) is 5.56 Å². The number of rotatable bonds is 2. The molecule has 0 amide bonds. The maximum Gasteiger partial charge on any atom is 0.214 e. The number of hydrogen-bond donors (Lipinski definition) is 0. The minimum atomic E-state index is -0.109. The predicted octanol–water partition coefficient (Wildman–Crippen LogP) is 2.21. The first-order chi connectivity index (χ1) is 6.77. The summed E-state index contributed by atoms with van der Waals surface area (Å²) in [7, 11) is 0. The van der Waals surface area contributed by atoms with E-state index in [9.17, 15) is 4.79 Å². The summed E-state index contributed by atoms with van der Waals surface area (Å²) < 4.78 is 4.84. The van der Waals surface area contributed by atoms with Crippen molar-refractivity contribution in [3.63, 3.8) is 0 Å². The molecule has 0 aliphatic heterocycles. The van der Waals surface area contributed by atoms with Gasteiger partial charge in [0.15, 0.2) is 0 Å². The summed E-state index contributed by atoms with van der Waals surface area (Å²) in [6, 6.07) is 5.24. The molecule has 0 radical (unpaired) electrons. The number of nitrogens with zero attached hydrogens (tertiary/aromatic N) is 1. The number of aromatic nitrogens is 1. The Balaban J connectivity index is 2.37. The van der Waals surface area contributed by atoms with Gasteiger partial charge in [0, 0.05) is 6.20 Å². The highest BCUT2D eigenvalue weighted by Gasteiger charge is 2.10. The Labute approximate surface area is 81.4 Å². The summed E-state index contributed by atoms with van der Waals surface area (Å²) in [5.41, 5.74) is 2.00. The van der Waals surface area contributed by atoms with Gasteiger partial charge in [-0.25, -0.2) is 0 Å². The second-order valence-corrected chi connectivity index (χ2v) is 3.06. The Morgan fingerprint density at radius 1 is 1.43 bits per heavy atom. The molecule has 0 bridgehead atoms. The lowest BCUT2D eigenvalue weighted by molar-refractivity contribution is 0.103. The van der Waals surface area contributed by atoms with Crippen molar-refractivity contribution in [2.45, 2.75) is 6.92 Å². The topological polar surface area (TPSA) is 43.1 Å².